The number of nitrogens with one attached hydrogen (secondary N) is 1. The summed E-state index contributed by atoms with van der Waals surface area (Å²) in [5, 5.41) is 2.51. The highest BCUT2D eigenvalue weighted by molar-refractivity contribution is 6.08. The zero-order valence-corrected chi connectivity index (χ0v) is 8.53. The van der Waals surface area contributed by atoms with Crippen LogP contribution >= 0.6 is 0 Å². The van der Waals surface area contributed by atoms with Gasteiger partial charge in [-0.3, -0.25) is 14.6 Å². The summed E-state index contributed by atoms with van der Waals surface area (Å²) in [7, 11) is 0. The van der Waals surface area contributed by atoms with E-state index in [-0.39, 0.29) is 18.6 Å². The van der Waals surface area contributed by atoms with E-state index in [4.69, 9.17) is 4.74 Å². The number of hydrogen-bond acceptors (Lipinski definition) is 4. The Morgan fingerprint density at radius 3 is 2.79 bits per heavy atom. The first-order valence-electron chi connectivity index (χ1n) is 4.58. The van der Waals surface area contributed by atoms with E-state index in [2.05, 4.69) is 10.3 Å². The fourth-order valence-corrected chi connectivity index (χ4v) is 1.42. The Balaban J connectivity index is 2.78. The third-order valence-electron chi connectivity index (χ3n) is 2.01. The number of hydrogen-bond donors (Lipinski definition) is 1. The third-order valence-corrected chi connectivity index (χ3v) is 2.01. The van der Waals surface area contributed by atoms with Crippen LogP contribution in [0.3, 0.4) is 0 Å². The molecule has 0 aromatic carbocycles. The highest BCUT2D eigenvalue weighted by Gasteiger charge is 2.36. The Bertz CT molecular complexity index is 286. The highest BCUT2D eigenvalue weighted by Crippen LogP contribution is 2.14. The highest BCUT2D eigenvalue weighted by atomic mass is 16.5. The van der Waals surface area contributed by atoms with Crippen molar-refractivity contribution in [2.45, 2.75) is 26.8 Å². The van der Waals surface area contributed by atoms with Crippen LogP contribution in [0.5, 0.6) is 0 Å². The van der Waals surface area contributed by atoms with Gasteiger partial charge in [0.05, 0.1) is 12.6 Å². The number of nitrogens with zero attached hydrogens (tertiary/aromatic N) is 1. The van der Waals surface area contributed by atoms with Gasteiger partial charge in [-0.2, -0.15) is 0 Å². The lowest BCUT2D eigenvalue weighted by Crippen LogP contribution is -2.47. The van der Waals surface area contributed by atoms with Gasteiger partial charge in [-0.05, 0) is 20.8 Å². The van der Waals surface area contributed by atoms with Crippen molar-refractivity contribution in [1.82, 2.24) is 5.32 Å². The predicted octanol–water partition coefficient (Wildman–Crippen LogP) is 0.102. The second-order valence-electron chi connectivity index (χ2n) is 3.17. The molecule has 1 aliphatic heterocycles. The molecule has 1 amide bonds. The van der Waals surface area contributed by atoms with Crippen molar-refractivity contribution < 1.29 is 14.3 Å². The Labute approximate surface area is 82.5 Å². The maximum absolute atomic E-state index is 11.4. The molecule has 0 aromatic rings. The number of ether oxygens (including phenoxy) is 1. The molecule has 78 valence electrons. The first kappa shape index (κ1) is 10.7. The summed E-state index contributed by atoms with van der Waals surface area (Å²) < 4.78 is 4.79. The van der Waals surface area contributed by atoms with Crippen molar-refractivity contribution >= 4 is 17.7 Å². The van der Waals surface area contributed by atoms with Crippen LogP contribution in [-0.4, -0.2) is 30.4 Å². The fraction of sp³-hybridized carbons (Fsp3) is 0.667. The molecular formula is C9H14N2O3. The van der Waals surface area contributed by atoms with E-state index in [1.807, 2.05) is 0 Å². The summed E-state index contributed by atoms with van der Waals surface area (Å²) >= 11 is 0. The Hall–Kier alpha value is -1.39. The first-order chi connectivity index (χ1) is 6.56. The van der Waals surface area contributed by atoms with E-state index in [1.54, 1.807) is 20.8 Å². The third kappa shape index (κ3) is 2.10. The molecule has 0 aromatic heterocycles. The topological polar surface area (TPSA) is 67.8 Å². The molecule has 1 heterocycles. The molecule has 0 saturated carbocycles. The molecule has 0 spiro atoms. The molecular weight excluding hydrogens is 184 g/mol. The Kier molecular flexibility index (Phi) is 3.22. The van der Waals surface area contributed by atoms with Gasteiger partial charge < -0.3 is 10.1 Å². The first-order valence-corrected chi connectivity index (χ1v) is 4.58. The van der Waals surface area contributed by atoms with Crippen molar-refractivity contribution in [2.24, 2.45) is 10.9 Å². The van der Waals surface area contributed by atoms with Gasteiger partial charge in [0.15, 0.2) is 5.92 Å². The minimum atomic E-state index is -0.807. The van der Waals surface area contributed by atoms with Crippen LogP contribution in [0.2, 0.25) is 0 Å². The van der Waals surface area contributed by atoms with Crippen molar-refractivity contribution in [3.05, 3.63) is 0 Å². The zero-order chi connectivity index (χ0) is 10.7. The van der Waals surface area contributed by atoms with Crippen molar-refractivity contribution in [3.63, 3.8) is 0 Å². The molecule has 0 aliphatic carbocycles. The van der Waals surface area contributed by atoms with E-state index in [1.165, 1.54) is 0 Å². The average molecular weight is 198 g/mol. The molecule has 5 nitrogen and oxygen atoms in total. The molecule has 0 fully saturated rings. The van der Waals surface area contributed by atoms with Crippen molar-refractivity contribution in [1.29, 1.82) is 0 Å². The van der Waals surface area contributed by atoms with Crippen LogP contribution in [0.25, 0.3) is 0 Å². The van der Waals surface area contributed by atoms with E-state index >= 15 is 0 Å². The Morgan fingerprint density at radius 2 is 2.29 bits per heavy atom. The standard InChI is InChI=1S/C9H14N2O3/c1-4-14-9(13)7-5(2)10-6(3)11-8(7)12/h5,7H,4H2,1-3H3,(H,10,11,12)/t5-,7-/m1/s1. The van der Waals surface area contributed by atoms with E-state index in [9.17, 15) is 9.59 Å². The van der Waals surface area contributed by atoms with Crippen LogP contribution in [0, 0.1) is 5.92 Å². The number of amidine groups is 1. The van der Waals surface area contributed by atoms with Gasteiger partial charge in [0.2, 0.25) is 5.91 Å². The molecule has 1 aliphatic rings. The van der Waals surface area contributed by atoms with E-state index in [0.29, 0.717) is 5.84 Å². The predicted molar refractivity (Wildman–Crippen MR) is 50.8 cm³/mol. The molecule has 1 N–H and O–H groups in total. The van der Waals surface area contributed by atoms with E-state index in [0.717, 1.165) is 0 Å². The largest absolute Gasteiger partial charge is 0.465 e. The van der Waals surface area contributed by atoms with Gasteiger partial charge in [-0.1, -0.05) is 0 Å². The van der Waals surface area contributed by atoms with Crippen LogP contribution in [0.4, 0.5) is 0 Å². The maximum atomic E-state index is 11.4. The number of carbonyl (C=O) groups is 2. The molecule has 1 rings (SSSR count). The number of amides is 1. The van der Waals surface area contributed by atoms with Crippen LogP contribution in [-0.2, 0) is 14.3 Å². The summed E-state index contributed by atoms with van der Waals surface area (Å²) in [6, 6.07) is -0.345. The monoisotopic (exact) mass is 198 g/mol. The van der Waals surface area contributed by atoms with Gasteiger partial charge >= 0.3 is 5.97 Å². The Morgan fingerprint density at radius 1 is 1.64 bits per heavy atom. The second-order valence-corrected chi connectivity index (χ2v) is 3.17. The van der Waals surface area contributed by atoms with Crippen LogP contribution in [0.1, 0.15) is 20.8 Å². The number of carbonyl (C=O) groups excluding carboxylic acids is 2. The van der Waals surface area contributed by atoms with Crippen molar-refractivity contribution in [3.8, 4) is 0 Å². The summed E-state index contributed by atoms with van der Waals surface area (Å²) in [5.74, 6) is -1.10. The number of aliphatic imine (C=N–C) groups is 1. The molecule has 0 bridgehead atoms. The van der Waals surface area contributed by atoms with Gasteiger partial charge in [-0.25, -0.2) is 0 Å². The molecule has 14 heavy (non-hydrogen) atoms. The normalized spacial score (nSPS) is 26.5. The molecule has 0 radical (unpaired) electrons. The lowest BCUT2D eigenvalue weighted by atomic mass is 9.99. The number of rotatable bonds is 2. The molecule has 0 saturated heterocycles. The smallest absolute Gasteiger partial charge is 0.320 e. The fourth-order valence-electron chi connectivity index (χ4n) is 1.42. The van der Waals surface area contributed by atoms with Gasteiger partial charge in [0, 0.05) is 0 Å². The van der Waals surface area contributed by atoms with Crippen molar-refractivity contribution in [2.75, 3.05) is 6.61 Å². The SMILES string of the molecule is CCOC(=O)[C@H]1C(=O)NC(C)=N[C@@H]1C. The minimum Gasteiger partial charge on any atom is -0.465 e. The summed E-state index contributed by atoms with van der Waals surface area (Å²) in [6.07, 6.45) is 0. The molecule has 0 unspecified atom stereocenters. The van der Waals surface area contributed by atoms with Crippen LogP contribution < -0.4 is 5.32 Å². The molecule has 2 atom stereocenters. The minimum absolute atomic E-state index is 0.276. The van der Waals surface area contributed by atoms with Gasteiger partial charge in [0.25, 0.3) is 0 Å². The summed E-state index contributed by atoms with van der Waals surface area (Å²) in [4.78, 5) is 26.9. The number of esters is 1. The summed E-state index contributed by atoms with van der Waals surface area (Å²) in [5.41, 5.74) is 0. The lowest BCUT2D eigenvalue weighted by Gasteiger charge is -2.23. The zero-order valence-electron chi connectivity index (χ0n) is 8.53. The second kappa shape index (κ2) is 4.21. The quantitative estimate of drug-likeness (QED) is 0.505. The molecule has 5 heteroatoms. The van der Waals surface area contributed by atoms with Crippen LogP contribution in [0.15, 0.2) is 4.99 Å². The maximum Gasteiger partial charge on any atom is 0.320 e. The van der Waals surface area contributed by atoms with Gasteiger partial charge in [0.1, 0.15) is 5.84 Å². The average Bonchev–Trinajstić information content (AvgIpc) is 2.01. The van der Waals surface area contributed by atoms with E-state index < -0.39 is 11.9 Å². The summed E-state index contributed by atoms with van der Waals surface area (Å²) in [6.45, 7) is 5.40. The lowest BCUT2D eigenvalue weighted by molar-refractivity contribution is -0.152. The van der Waals surface area contributed by atoms with Gasteiger partial charge in [-0.15, -0.1) is 0 Å².